The van der Waals surface area contributed by atoms with Crippen LogP contribution in [0.3, 0.4) is 0 Å². The van der Waals surface area contributed by atoms with Gasteiger partial charge in [-0.15, -0.1) is 0 Å². The van der Waals surface area contributed by atoms with Crippen molar-refractivity contribution in [3.63, 3.8) is 0 Å². The SMILES string of the molecule is [CH2-]C(O[CH-]CO)n1cc(C)c(N)nc1=O.[Y]. The second-order valence-corrected chi connectivity index (χ2v) is 2.94. The van der Waals surface area contributed by atoms with E-state index in [0.29, 0.717) is 5.56 Å². The van der Waals surface area contributed by atoms with E-state index >= 15 is 0 Å². The van der Waals surface area contributed by atoms with Crippen molar-refractivity contribution < 1.29 is 42.6 Å². The number of hydrogen-bond acceptors (Lipinski definition) is 5. The van der Waals surface area contributed by atoms with Crippen molar-refractivity contribution in [2.45, 2.75) is 13.2 Å². The number of nitrogens with zero attached hydrogens (tertiary/aromatic N) is 2. The molecule has 0 saturated carbocycles. The van der Waals surface area contributed by atoms with Crippen molar-refractivity contribution in [1.29, 1.82) is 0 Å². The first-order chi connectivity index (χ1) is 7.06. The molecular weight excluding hydrogens is 287 g/mol. The number of nitrogen functional groups attached to an aromatic ring is 1. The predicted molar refractivity (Wildman–Crippen MR) is 54.5 cm³/mol. The Morgan fingerprint density at radius 3 is 3.00 bits per heavy atom. The smallest absolute Gasteiger partial charge is 0.349 e. The van der Waals surface area contributed by atoms with Gasteiger partial charge in [0.15, 0.2) is 0 Å². The van der Waals surface area contributed by atoms with Gasteiger partial charge in [-0.2, -0.15) is 11.6 Å². The molecule has 1 heterocycles. The van der Waals surface area contributed by atoms with Crippen LogP contribution in [0.15, 0.2) is 11.0 Å². The van der Waals surface area contributed by atoms with Gasteiger partial charge in [-0.1, -0.05) is 6.61 Å². The molecule has 0 saturated heterocycles. The second-order valence-electron chi connectivity index (χ2n) is 2.94. The van der Waals surface area contributed by atoms with Gasteiger partial charge in [0, 0.05) is 44.5 Å². The Labute approximate surface area is 119 Å². The number of nitrogens with two attached hydrogens (primary N) is 1. The molecule has 3 N–H and O–H groups in total. The van der Waals surface area contributed by atoms with E-state index in [1.54, 1.807) is 6.92 Å². The van der Waals surface area contributed by atoms with E-state index in [0.717, 1.165) is 6.61 Å². The van der Waals surface area contributed by atoms with Gasteiger partial charge in [0.25, 0.3) is 0 Å². The average Bonchev–Trinajstić information content (AvgIpc) is 2.20. The summed E-state index contributed by atoms with van der Waals surface area (Å²) >= 11 is 0. The van der Waals surface area contributed by atoms with Gasteiger partial charge in [-0.3, -0.25) is 6.92 Å². The molecule has 0 aliphatic heterocycles. The van der Waals surface area contributed by atoms with Gasteiger partial charge in [0.2, 0.25) is 0 Å². The van der Waals surface area contributed by atoms with Gasteiger partial charge < -0.3 is 20.1 Å². The Hall–Kier alpha value is -0.296. The van der Waals surface area contributed by atoms with Crippen LogP contribution in [0.5, 0.6) is 0 Å². The average molecular weight is 300 g/mol. The fraction of sp³-hybridized carbons (Fsp3) is 0.333. The Bertz CT molecular complexity index is 394. The molecule has 87 valence electrons. The topological polar surface area (TPSA) is 90.4 Å². The maximum atomic E-state index is 11.4. The van der Waals surface area contributed by atoms with Crippen molar-refractivity contribution in [2.75, 3.05) is 12.3 Å². The normalized spacial score (nSPS) is 11.9. The first kappa shape index (κ1) is 15.7. The summed E-state index contributed by atoms with van der Waals surface area (Å²) in [5, 5.41) is 8.50. The Morgan fingerprint density at radius 2 is 2.44 bits per heavy atom. The van der Waals surface area contributed by atoms with E-state index in [4.69, 9.17) is 15.6 Å². The molecule has 7 heteroatoms. The van der Waals surface area contributed by atoms with Gasteiger partial charge in [0.05, 0.1) is 0 Å². The van der Waals surface area contributed by atoms with Crippen LogP contribution in [0.4, 0.5) is 5.82 Å². The number of aryl methyl sites for hydroxylation is 1. The van der Waals surface area contributed by atoms with Crippen molar-refractivity contribution in [3.8, 4) is 0 Å². The summed E-state index contributed by atoms with van der Waals surface area (Å²) in [7, 11) is 0. The minimum atomic E-state index is -0.767. The van der Waals surface area contributed by atoms with Gasteiger partial charge >= 0.3 is 5.69 Å². The van der Waals surface area contributed by atoms with Crippen LogP contribution >= 0.6 is 0 Å². The summed E-state index contributed by atoms with van der Waals surface area (Å²) < 4.78 is 6.14. The van der Waals surface area contributed by atoms with E-state index in [9.17, 15) is 4.79 Å². The number of anilines is 1. The standard InChI is InChI=1S/C9H13N3O3.Y/c1-6-5-12(7(2)15-4-3-13)9(14)11-8(6)10;/h4-5,7,13H,2-3H2,1H3,(H2,10,11,14);/q-2;. The second kappa shape index (κ2) is 7.11. The van der Waals surface area contributed by atoms with E-state index < -0.39 is 11.9 Å². The molecule has 1 unspecified atom stereocenters. The fourth-order valence-corrected chi connectivity index (χ4v) is 1.00. The van der Waals surface area contributed by atoms with Crippen molar-refractivity contribution in [1.82, 2.24) is 9.55 Å². The summed E-state index contributed by atoms with van der Waals surface area (Å²) in [5.41, 5.74) is 5.58. The summed E-state index contributed by atoms with van der Waals surface area (Å²) in [6, 6.07) is 0. The predicted octanol–water partition coefficient (Wildman–Crippen LogP) is -0.365. The minimum absolute atomic E-state index is 0. The molecule has 1 radical (unpaired) electrons. The maximum absolute atomic E-state index is 11.4. The van der Waals surface area contributed by atoms with Crippen LogP contribution in [-0.4, -0.2) is 21.3 Å². The molecule has 1 atom stereocenters. The molecule has 0 amide bonds. The van der Waals surface area contributed by atoms with Gasteiger partial charge in [0.1, 0.15) is 5.82 Å². The van der Waals surface area contributed by atoms with Gasteiger partial charge in [-0.25, -0.2) is 4.79 Å². The molecule has 1 rings (SSSR count). The van der Waals surface area contributed by atoms with Crippen LogP contribution in [0.25, 0.3) is 0 Å². The van der Waals surface area contributed by atoms with E-state index in [-0.39, 0.29) is 45.1 Å². The molecule has 0 aliphatic carbocycles. The van der Waals surface area contributed by atoms with Crippen LogP contribution in [0.1, 0.15) is 11.8 Å². The van der Waals surface area contributed by atoms with Crippen LogP contribution in [-0.2, 0) is 37.4 Å². The Morgan fingerprint density at radius 1 is 1.81 bits per heavy atom. The molecule has 6 nitrogen and oxygen atoms in total. The molecular formula is C9H13N3O3Y-2. The van der Waals surface area contributed by atoms with Gasteiger partial charge in [-0.05, 0) is 13.2 Å². The van der Waals surface area contributed by atoms with Crippen molar-refractivity contribution in [2.24, 2.45) is 0 Å². The van der Waals surface area contributed by atoms with E-state index in [1.807, 2.05) is 0 Å². The molecule has 0 aliphatic rings. The van der Waals surface area contributed by atoms with Crippen molar-refractivity contribution in [3.05, 3.63) is 35.8 Å². The molecule has 16 heavy (non-hydrogen) atoms. The molecule has 0 bridgehead atoms. The Balaban J connectivity index is 0.00000225. The third-order valence-corrected chi connectivity index (χ3v) is 1.81. The zero-order valence-corrected chi connectivity index (χ0v) is 11.8. The van der Waals surface area contributed by atoms with Crippen molar-refractivity contribution >= 4 is 5.82 Å². The fourth-order valence-electron chi connectivity index (χ4n) is 1.00. The maximum Gasteiger partial charge on any atom is 0.349 e. The summed E-state index contributed by atoms with van der Waals surface area (Å²) in [4.78, 5) is 15.0. The van der Waals surface area contributed by atoms with E-state index in [1.165, 1.54) is 10.8 Å². The summed E-state index contributed by atoms with van der Waals surface area (Å²) in [6.07, 6.45) is 0.740. The first-order valence-corrected chi connectivity index (χ1v) is 4.32. The third kappa shape index (κ3) is 3.94. The molecule has 1 aromatic rings. The Kier molecular flexibility index (Phi) is 6.98. The van der Waals surface area contributed by atoms with Crippen LogP contribution in [0, 0.1) is 20.5 Å². The zero-order valence-electron chi connectivity index (χ0n) is 8.96. The molecule has 0 aromatic carbocycles. The summed E-state index contributed by atoms with van der Waals surface area (Å²) in [6.45, 7) is 6.22. The number of aliphatic hydroxyl groups excluding tert-OH is 1. The van der Waals surface area contributed by atoms with Crippen LogP contribution < -0.4 is 11.4 Å². The zero-order chi connectivity index (χ0) is 11.4. The molecule has 0 fully saturated rings. The first-order valence-electron chi connectivity index (χ1n) is 4.32. The van der Waals surface area contributed by atoms with E-state index in [2.05, 4.69) is 11.9 Å². The summed E-state index contributed by atoms with van der Waals surface area (Å²) in [5.74, 6) is 0.189. The number of hydrogen-bond donors (Lipinski definition) is 2. The number of ether oxygens (including phenoxy) is 1. The monoisotopic (exact) mass is 300 g/mol. The quantitative estimate of drug-likeness (QED) is 0.741. The minimum Gasteiger partial charge on any atom is -0.556 e. The number of aromatic nitrogens is 2. The number of rotatable bonds is 4. The molecule has 1 aromatic heterocycles. The van der Waals surface area contributed by atoms with Crippen LogP contribution in [0.2, 0.25) is 0 Å². The largest absolute Gasteiger partial charge is 0.556 e. The number of aliphatic hydroxyl groups is 1. The third-order valence-electron chi connectivity index (χ3n) is 1.81. The molecule has 0 spiro atoms.